The number of thiazole rings is 1. The van der Waals surface area contributed by atoms with E-state index in [0.29, 0.717) is 18.2 Å². The Labute approximate surface area is 120 Å². The molecule has 8 heteroatoms. The number of carboxylic acids is 1. The summed E-state index contributed by atoms with van der Waals surface area (Å²) >= 11 is 1.24. The number of likely N-dealkylation sites (tertiary alicyclic amines) is 1. The normalized spacial score (nSPS) is 15.7. The fourth-order valence-electron chi connectivity index (χ4n) is 1.66. The van der Waals surface area contributed by atoms with Crippen molar-refractivity contribution in [2.45, 2.75) is 32.4 Å². The number of hydrogen-bond acceptors (Lipinski definition) is 6. The third-order valence-electron chi connectivity index (χ3n) is 2.58. The predicted octanol–water partition coefficient (Wildman–Crippen LogP) is 1.87. The molecule has 0 spiro atoms. The number of rotatable bonds is 3. The van der Waals surface area contributed by atoms with Crippen molar-refractivity contribution in [3.05, 3.63) is 11.1 Å². The molecule has 1 aliphatic heterocycles. The van der Waals surface area contributed by atoms with Crippen LogP contribution in [0.2, 0.25) is 0 Å². The molecule has 0 radical (unpaired) electrons. The van der Waals surface area contributed by atoms with Crippen molar-refractivity contribution in [2.24, 2.45) is 0 Å². The van der Waals surface area contributed by atoms with E-state index >= 15 is 0 Å². The first-order chi connectivity index (χ1) is 9.24. The molecule has 110 valence electrons. The molecule has 1 fully saturated rings. The van der Waals surface area contributed by atoms with Gasteiger partial charge in [-0.2, -0.15) is 0 Å². The quantitative estimate of drug-likeness (QED) is 0.885. The van der Waals surface area contributed by atoms with Crippen LogP contribution in [-0.4, -0.2) is 51.8 Å². The topological polar surface area (TPSA) is 91.8 Å². The maximum Gasteiger partial charge on any atom is 0.410 e. The molecule has 0 bridgehead atoms. The average Bonchev–Trinajstić information content (AvgIpc) is 2.68. The van der Waals surface area contributed by atoms with Crippen LogP contribution in [0, 0.1) is 0 Å². The fraction of sp³-hybridized carbons (Fsp3) is 0.583. The molecule has 0 aromatic carbocycles. The molecule has 7 nitrogen and oxygen atoms in total. The highest BCUT2D eigenvalue weighted by Crippen LogP contribution is 2.21. The summed E-state index contributed by atoms with van der Waals surface area (Å²) in [5, 5.41) is 13.9. The van der Waals surface area contributed by atoms with Gasteiger partial charge >= 0.3 is 12.1 Å². The minimum atomic E-state index is -1.04. The second-order valence-corrected chi connectivity index (χ2v) is 6.43. The summed E-state index contributed by atoms with van der Waals surface area (Å²) in [6.45, 7) is 6.52. The molecule has 1 amide bonds. The zero-order valence-corrected chi connectivity index (χ0v) is 12.4. The molecule has 1 saturated heterocycles. The maximum absolute atomic E-state index is 11.7. The minimum Gasteiger partial charge on any atom is -0.476 e. The Bertz CT molecular complexity index is 517. The molecule has 1 aliphatic rings. The molecule has 0 unspecified atom stereocenters. The van der Waals surface area contributed by atoms with Crippen LogP contribution in [0.15, 0.2) is 5.38 Å². The zero-order valence-electron chi connectivity index (χ0n) is 11.5. The van der Waals surface area contributed by atoms with E-state index < -0.39 is 11.6 Å². The third kappa shape index (κ3) is 3.60. The van der Waals surface area contributed by atoms with Crippen molar-refractivity contribution >= 4 is 28.5 Å². The smallest absolute Gasteiger partial charge is 0.410 e. The Morgan fingerprint density at radius 3 is 2.65 bits per heavy atom. The van der Waals surface area contributed by atoms with Crippen LogP contribution in [0.4, 0.5) is 9.93 Å². The van der Waals surface area contributed by atoms with Gasteiger partial charge in [0.25, 0.3) is 0 Å². The fourth-order valence-corrected chi connectivity index (χ4v) is 2.42. The van der Waals surface area contributed by atoms with Crippen molar-refractivity contribution in [3.8, 4) is 0 Å². The van der Waals surface area contributed by atoms with Gasteiger partial charge in [0.05, 0.1) is 6.04 Å². The number of ether oxygens (including phenoxy) is 1. The molecule has 0 atom stereocenters. The van der Waals surface area contributed by atoms with Gasteiger partial charge in [0, 0.05) is 18.5 Å². The van der Waals surface area contributed by atoms with Gasteiger partial charge in [0.2, 0.25) is 0 Å². The SMILES string of the molecule is CC(C)(C)OC(=O)N1CC(Nc2nc(C(=O)O)cs2)C1. The lowest BCUT2D eigenvalue weighted by atomic mass is 10.1. The van der Waals surface area contributed by atoms with Gasteiger partial charge in [0.15, 0.2) is 10.8 Å². The van der Waals surface area contributed by atoms with Crippen molar-refractivity contribution in [1.29, 1.82) is 0 Å². The standard InChI is InChI=1S/C12H17N3O4S/c1-12(2,3)19-11(18)15-4-7(5-15)13-10-14-8(6-20-10)9(16)17/h6-7H,4-5H2,1-3H3,(H,13,14)(H,16,17). The maximum atomic E-state index is 11.7. The number of carbonyl (C=O) groups excluding carboxylic acids is 1. The number of carbonyl (C=O) groups is 2. The first kappa shape index (κ1) is 14.6. The molecule has 1 aromatic heterocycles. The number of aromatic carboxylic acids is 1. The Balaban J connectivity index is 1.79. The summed E-state index contributed by atoms with van der Waals surface area (Å²) in [4.78, 5) is 27.9. The van der Waals surface area contributed by atoms with Crippen LogP contribution < -0.4 is 5.32 Å². The second kappa shape index (κ2) is 5.28. The average molecular weight is 299 g/mol. The molecule has 2 rings (SSSR count). The first-order valence-corrected chi connectivity index (χ1v) is 7.06. The molecular formula is C12H17N3O4S. The largest absolute Gasteiger partial charge is 0.476 e. The molecular weight excluding hydrogens is 282 g/mol. The highest BCUT2D eigenvalue weighted by Gasteiger charge is 2.34. The van der Waals surface area contributed by atoms with E-state index in [1.54, 1.807) is 4.90 Å². The van der Waals surface area contributed by atoms with E-state index in [2.05, 4.69) is 10.3 Å². The van der Waals surface area contributed by atoms with Crippen LogP contribution >= 0.6 is 11.3 Å². The molecule has 0 aliphatic carbocycles. The van der Waals surface area contributed by atoms with Crippen molar-refractivity contribution in [3.63, 3.8) is 0 Å². The number of aromatic nitrogens is 1. The van der Waals surface area contributed by atoms with E-state index in [1.165, 1.54) is 16.7 Å². The van der Waals surface area contributed by atoms with Gasteiger partial charge < -0.3 is 20.1 Å². The van der Waals surface area contributed by atoms with Crippen molar-refractivity contribution < 1.29 is 19.4 Å². The van der Waals surface area contributed by atoms with Crippen LogP contribution in [0.25, 0.3) is 0 Å². The number of nitrogens with one attached hydrogen (secondary N) is 1. The zero-order chi connectivity index (χ0) is 14.9. The first-order valence-electron chi connectivity index (χ1n) is 6.18. The Morgan fingerprint density at radius 2 is 2.15 bits per heavy atom. The molecule has 2 N–H and O–H groups in total. The highest BCUT2D eigenvalue weighted by atomic mass is 32.1. The monoisotopic (exact) mass is 299 g/mol. The Kier molecular flexibility index (Phi) is 3.85. The molecule has 0 saturated carbocycles. The number of carboxylic acid groups (broad SMARTS) is 1. The second-order valence-electron chi connectivity index (χ2n) is 5.57. The number of nitrogens with zero attached hydrogens (tertiary/aromatic N) is 2. The number of amides is 1. The summed E-state index contributed by atoms with van der Waals surface area (Å²) < 4.78 is 5.24. The summed E-state index contributed by atoms with van der Waals surface area (Å²) in [5.74, 6) is -1.04. The summed E-state index contributed by atoms with van der Waals surface area (Å²) in [6, 6.07) is 0.0790. The van der Waals surface area contributed by atoms with E-state index in [9.17, 15) is 9.59 Å². The third-order valence-corrected chi connectivity index (χ3v) is 3.36. The van der Waals surface area contributed by atoms with E-state index in [-0.39, 0.29) is 17.8 Å². The van der Waals surface area contributed by atoms with Gasteiger partial charge in [0.1, 0.15) is 5.60 Å². The van der Waals surface area contributed by atoms with Crippen molar-refractivity contribution in [1.82, 2.24) is 9.88 Å². The van der Waals surface area contributed by atoms with E-state index in [4.69, 9.17) is 9.84 Å². The van der Waals surface area contributed by atoms with Crippen molar-refractivity contribution in [2.75, 3.05) is 18.4 Å². The Morgan fingerprint density at radius 1 is 1.50 bits per heavy atom. The lowest BCUT2D eigenvalue weighted by Gasteiger charge is -2.39. The van der Waals surface area contributed by atoms with Gasteiger partial charge in [-0.05, 0) is 20.8 Å². The van der Waals surface area contributed by atoms with Crippen LogP contribution in [-0.2, 0) is 4.74 Å². The van der Waals surface area contributed by atoms with Gasteiger partial charge in [-0.25, -0.2) is 14.6 Å². The minimum absolute atomic E-state index is 0.0285. The Hall–Kier alpha value is -1.83. The lowest BCUT2D eigenvalue weighted by molar-refractivity contribution is 0.0105. The summed E-state index contributed by atoms with van der Waals surface area (Å²) in [6.07, 6.45) is -0.332. The molecule has 1 aromatic rings. The number of anilines is 1. The number of hydrogen-bond donors (Lipinski definition) is 2. The van der Waals surface area contributed by atoms with Crippen LogP contribution in [0.1, 0.15) is 31.3 Å². The van der Waals surface area contributed by atoms with E-state index in [0.717, 1.165) is 0 Å². The molecule has 20 heavy (non-hydrogen) atoms. The summed E-state index contributed by atoms with van der Waals surface area (Å²) in [7, 11) is 0. The van der Waals surface area contributed by atoms with Gasteiger partial charge in [-0.1, -0.05) is 0 Å². The lowest BCUT2D eigenvalue weighted by Crippen LogP contribution is -2.57. The van der Waals surface area contributed by atoms with E-state index in [1.807, 2.05) is 20.8 Å². The van der Waals surface area contributed by atoms with Crippen LogP contribution in [0.3, 0.4) is 0 Å². The summed E-state index contributed by atoms with van der Waals surface area (Å²) in [5.41, 5.74) is -0.470. The van der Waals surface area contributed by atoms with Gasteiger partial charge in [-0.15, -0.1) is 11.3 Å². The highest BCUT2D eigenvalue weighted by molar-refractivity contribution is 7.13. The molecule has 2 heterocycles. The van der Waals surface area contributed by atoms with Gasteiger partial charge in [-0.3, -0.25) is 0 Å². The predicted molar refractivity (Wildman–Crippen MR) is 74.3 cm³/mol. The van der Waals surface area contributed by atoms with Crippen LogP contribution in [0.5, 0.6) is 0 Å².